The molecule has 4 aliphatic rings. The highest BCUT2D eigenvalue weighted by Gasteiger charge is 2.66. The maximum Gasteiger partial charge on any atom is 0.387 e. The van der Waals surface area contributed by atoms with Gasteiger partial charge in [-0.2, -0.15) is 8.78 Å². The van der Waals surface area contributed by atoms with E-state index in [1.807, 2.05) is 6.07 Å². The fourth-order valence-corrected chi connectivity index (χ4v) is 4.25. The number of nitrogens with two attached hydrogens (primary N) is 1. The summed E-state index contributed by atoms with van der Waals surface area (Å²) in [6.45, 7) is -2.12. The Kier molecular flexibility index (Phi) is 4.72. The second kappa shape index (κ2) is 7.47. The molecule has 2 spiro atoms. The number of nitrogens with one attached hydrogen (secondary N) is 1. The lowest BCUT2D eigenvalue weighted by molar-refractivity contribution is -0.112. The standard InChI is InChI=1S/C22H20F2N4O4/c23-19(24)32-14-3-1-2-4-16(26-10-14)18(29)27-13-5-6-17-15(9-13)22(12-31-20(25)28-22)21(7-8-21)11-30-17/h1-6,9-10,19H,7-8,11-12H2,(H2,25,28)(H,27,29)/b2-1+,3-1?,4-2?,14-3-,14-10?,16-4?,26-10?,26-16?. The summed E-state index contributed by atoms with van der Waals surface area (Å²) < 4.78 is 40.8. The summed E-state index contributed by atoms with van der Waals surface area (Å²) in [5.74, 6) is 0.00306. The maximum absolute atomic E-state index is 12.8. The third-order valence-electron chi connectivity index (χ3n) is 6.06. The Labute approximate surface area is 182 Å². The van der Waals surface area contributed by atoms with E-state index in [1.165, 1.54) is 24.3 Å². The van der Waals surface area contributed by atoms with Gasteiger partial charge in [-0.25, -0.2) is 9.98 Å². The van der Waals surface area contributed by atoms with Crippen molar-refractivity contribution in [1.82, 2.24) is 0 Å². The van der Waals surface area contributed by atoms with Crippen LogP contribution >= 0.6 is 0 Å². The van der Waals surface area contributed by atoms with Crippen molar-refractivity contribution in [2.45, 2.75) is 25.0 Å². The largest absolute Gasteiger partial charge is 0.493 e. The van der Waals surface area contributed by atoms with Gasteiger partial charge in [0.2, 0.25) is 0 Å². The molecule has 0 bridgehead atoms. The van der Waals surface area contributed by atoms with Crippen molar-refractivity contribution in [1.29, 1.82) is 0 Å². The van der Waals surface area contributed by atoms with Crippen LogP contribution in [0.5, 0.6) is 5.75 Å². The molecule has 3 N–H and O–H groups in total. The Bertz CT molecular complexity index is 1120. The van der Waals surface area contributed by atoms with Gasteiger partial charge in [-0.05, 0) is 43.2 Å². The highest BCUT2D eigenvalue weighted by molar-refractivity contribution is 6.05. The molecule has 3 heterocycles. The van der Waals surface area contributed by atoms with Crippen LogP contribution in [0.3, 0.4) is 0 Å². The minimum absolute atomic E-state index is 0.0264. The third-order valence-corrected chi connectivity index (χ3v) is 6.06. The molecular formula is C22H20F2N4O4. The van der Waals surface area contributed by atoms with Crippen LogP contribution in [0.1, 0.15) is 18.4 Å². The van der Waals surface area contributed by atoms with E-state index in [4.69, 9.17) is 15.2 Å². The number of anilines is 1. The van der Waals surface area contributed by atoms with Crippen molar-refractivity contribution in [3.63, 3.8) is 0 Å². The van der Waals surface area contributed by atoms with E-state index in [0.717, 1.165) is 24.6 Å². The quantitative estimate of drug-likeness (QED) is 0.746. The number of alkyl halides is 2. The predicted molar refractivity (Wildman–Crippen MR) is 112 cm³/mol. The molecule has 1 amide bonds. The molecule has 8 nitrogen and oxygen atoms in total. The average Bonchev–Trinajstić information content (AvgIpc) is 3.42. The van der Waals surface area contributed by atoms with Crippen LogP contribution in [0.4, 0.5) is 14.5 Å². The summed E-state index contributed by atoms with van der Waals surface area (Å²) in [5, 5.41) is 2.79. The lowest BCUT2D eigenvalue weighted by Gasteiger charge is -2.39. The topological polar surface area (TPSA) is 108 Å². The van der Waals surface area contributed by atoms with Crippen molar-refractivity contribution < 1.29 is 27.8 Å². The van der Waals surface area contributed by atoms with Crippen LogP contribution in [0.25, 0.3) is 0 Å². The van der Waals surface area contributed by atoms with Gasteiger partial charge >= 0.3 is 6.61 Å². The monoisotopic (exact) mass is 442 g/mol. The SMILES string of the molecule is NC1=NC2(CO1)c1cc(NC(=O)C3=C/C=C/C=C(\OC(F)F)C=N3)ccc1OCC21CC1. The number of nitrogens with zero attached hydrogens (tertiary/aromatic N) is 2. The van der Waals surface area contributed by atoms with Crippen LogP contribution in [0.15, 0.2) is 63.9 Å². The minimum atomic E-state index is -2.99. The predicted octanol–water partition coefficient (Wildman–Crippen LogP) is 2.99. The van der Waals surface area contributed by atoms with Crippen molar-refractivity contribution in [3.8, 4) is 5.75 Å². The first-order chi connectivity index (χ1) is 15.4. The zero-order valence-corrected chi connectivity index (χ0v) is 16.9. The van der Waals surface area contributed by atoms with Crippen molar-refractivity contribution >= 4 is 23.8 Å². The highest BCUT2D eigenvalue weighted by Crippen LogP contribution is 2.65. The number of carbonyl (C=O) groups is 1. The summed E-state index contributed by atoms with van der Waals surface area (Å²) in [5.41, 5.74) is 6.41. The third kappa shape index (κ3) is 3.41. The van der Waals surface area contributed by atoms with E-state index < -0.39 is 18.1 Å². The van der Waals surface area contributed by atoms with Gasteiger partial charge in [0.05, 0.1) is 12.8 Å². The molecule has 0 aromatic heterocycles. The molecule has 32 heavy (non-hydrogen) atoms. The van der Waals surface area contributed by atoms with Crippen LogP contribution in [-0.4, -0.2) is 38.0 Å². The summed E-state index contributed by atoms with van der Waals surface area (Å²) >= 11 is 0. The van der Waals surface area contributed by atoms with E-state index in [1.54, 1.807) is 12.1 Å². The number of hydrogen-bond acceptors (Lipinski definition) is 7. The van der Waals surface area contributed by atoms with Crippen LogP contribution in [0.2, 0.25) is 0 Å². The molecule has 1 aliphatic carbocycles. The number of aliphatic imine (C=N–C) groups is 2. The fraction of sp³-hybridized carbons (Fsp3) is 0.318. The molecule has 1 atom stereocenters. The van der Waals surface area contributed by atoms with E-state index in [0.29, 0.717) is 24.7 Å². The number of fused-ring (bicyclic) bond motifs is 3. The fourth-order valence-electron chi connectivity index (χ4n) is 4.25. The first kappa shape index (κ1) is 20.2. The first-order valence-corrected chi connectivity index (χ1v) is 10.1. The Morgan fingerprint density at radius 1 is 1.19 bits per heavy atom. The molecule has 1 saturated carbocycles. The van der Waals surface area contributed by atoms with E-state index in [9.17, 15) is 13.6 Å². The molecule has 0 saturated heterocycles. The van der Waals surface area contributed by atoms with Crippen molar-refractivity contribution in [3.05, 3.63) is 59.5 Å². The molecule has 0 radical (unpaired) electrons. The number of carbonyl (C=O) groups excluding carboxylic acids is 1. The van der Waals surface area contributed by atoms with Gasteiger partial charge in [-0.15, -0.1) is 0 Å². The molecule has 5 rings (SSSR count). The van der Waals surface area contributed by atoms with Gasteiger partial charge in [-0.1, -0.05) is 12.2 Å². The molecule has 10 heteroatoms. The molecule has 166 valence electrons. The van der Waals surface area contributed by atoms with Crippen LogP contribution in [0, 0.1) is 5.41 Å². The Morgan fingerprint density at radius 3 is 2.72 bits per heavy atom. The Hall–Kier alpha value is -3.69. The molecule has 1 aromatic rings. The van der Waals surface area contributed by atoms with Crippen LogP contribution in [-0.2, 0) is 19.8 Å². The lowest BCUT2D eigenvalue weighted by atomic mass is 9.74. The van der Waals surface area contributed by atoms with Gasteiger partial charge in [0.15, 0.2) is 0 Å². The number of benzene rings is 1. The smallest absolute Gasteiger partial charge is 0.387 e. The molecule has 1 unspecified atom stereocenters. The molecule has 3 aliphatic heterocycles. The van der Waals surface area contributed by atoms with Crippen molar-refractivity contribution in [2.75, 3.05) is 18.5 Å². The number of ether oxygens (including phenoxy) is 3. The van der Waals surface area contributed by atoms with Gasteiger partial charge in [-0.3, -0.25) is 4.79 Å². The summed E-state index contributed by atoms with van der Waals surface area (Å²) in [4.78, 5) is 21.4. The molecule has 1 aromatic carbocycles. The normalized spacial score (nSPS) is 27.2. The maximum atomic E-state index is 12.8. The summed E-state index contributed by atoms with van der Waals surface area (Å²) in [6, 6.07) is 5.45. The van der Waals surface area contributed by atoms with Gasteiger partial charge in [0.25, 0.3) is 11.9 Å². The lowest BCUT2D eigenvalue weighted by Crippen LogP contribution is -2.44. The van der Waals surface area contributed by atoms with E-state index in [-0.39, 0.29) is 22.9 Å². The zero-order chi connectivity index (χ0) is 22.3. The summed E-state index contributed by atoms with van der Waals surface area (Å²) in [6.07, 6.45) is 8.77. The Morgan fingerprint density at radius 2 is 2.00 bits per heavy atom. The number of allylic oxidation sites excluding steroid dienone is 5. The summed E-state index contributed by atoms with van der Waals surface area (Å²) in [7, 11) is 0. The number of halogens is 2. The van der Waals surface area contributed by atoms with E-state index >= 15 is 0 Å². The van der Waals surface area contributed by atoms with E-state index in [2.05, 4.69) is 20.0 Å². The second-order valence-corrected chi connectivity index (χ2v) is 7.98. The van der Waals surface area contributed by atoms with Crippen LogP contribution < -0.4 is 15.8 Å². The Balaban J connectivity index is 1.40. The average molecular weight is 442 g/mol. The van der Waals surface area contributed by atoms with Gasteiger partial charge < -0.3 is 25.3 Å². The number of hydrogen-bond donors (Lipinski definition) is 2. The van der Waals surface area contributed by atoms with Gasteiger partial charge in [0, 0.05) is 16.7 Å². The highest BCUT2D eigenvalue weighted by atomic mass is 19.3. The molecular weight excluding hydrogens is 422 g/mol. The van der Waals surface area contributed by atoms with Crippen molar-refractivity contribution in [2.24, 2.45) is 21.1 Å². The number of rotatable bonds is 4. The zero-order valence-electron chi connectivity index (χ0n) is 16.9. The molecule has 1 fully saturated rings. The van der Waals surface area contributed by atoms with Gasteiger partial charge in [0.1, 0.15) is 29.4 Å². The number of amides is 1. The number of amidine groups is 1. The second-order valence-electron chi connectivity index (χ2n) is 7.98. The minimum Gasteiger partial charge on any atom is -0.493 e. The first-order valence-electron chi connectivity index (χ1n) is 10.1.